The number of sulfonamides is 1. The lowest BCUT2D eigenvalue weighted by atomic mass is 10.1. The second kappa shape index (κ2) is 12.9. The second-order valence-electron chi connectivity index (χ2n) is 9.24. The zero-order chi connectivity index (χ0) is 27.9. The van der Waals surface area contributed by atoms with E-state index in [2.05, 4.69) is 5.32 Å². The number of anilines is 1. The molecule has 0 spiro atoms. The smallest absolute Gasteiger partial charge is 0.264 e. The van der Waals surface area contributed by atoms with Gasteiger partial charge < -0.3 is 10.2 Å². The molecule has 0 aliphatic carbocycles. The lowest BCUT2D eigenvalue weighted by molar-refractivity contribution is -0.139. The van der Waals surface area contributed by atoms with Crippen LogP contribution in [0.3, 0.4) is 0 Å². The summed E-state index contributed by atoms with van der Waals surface area (Å²) in [4.78, 5) is 27.9. The molecule has 10 heteroatoms. The molecular weight excluding hydrogens is 529 g/mol. The predicted molar refractivity (Wildman–Crippen MR) is 147 cm³/mol. The van der Waals surface area contributed by atoms with Crippen molar-refractivity contribution in [1.29, 1.82) is 0 Å². The first-order valence-electron chi connectivity index (χ1n) is 12.1. The van der Waals surface area contributed by atoms with Gasteiger partial charge in [0.2, 0.25) is 11.8 Å². The third-order valence-electron chi connectivity index (χ3n) is 5.85. The van der Waals surface area contributed by atoms with Gasteiger partial charge in [0.15, 0.2) is 0 Å². The van der Waals surface area contributed by atoms with Gasteiger partial charge in [0.1, 0.15) is 18.4 Å². The molecule has 202 valence electrons. The summed E-state index contributed by atoms with van der Waals surface area (Å²) < 4.78 is 42.9. The van der Waals surface area contributed by atoms with Crippen LogP contribution in [0.2, 0.25) is 5.02 Å². The number of carbonyl (C=O) groups excluding carboxylic acids is 2. The fourth-order valence-electron chi connectivity index (χ4n) is 3.71. The normalized spacial score (nSPS) is 12.2. The fraction of sp³-hybridized carbons (Fsp3) is 0.286. The summed E-state index contributed by atoms with van der Waals surface area (Å²) >= 11 is 6.00. The maximum Gasteiger partial charge on any atom is 0.264 e. The third-order valence-corrected chi connectivity index (χ3v) is 7.88. The number of nitrogens with zero attached hydrogens (tertiary/aromatic N) is 2. The SMILES string of the molecule is CC(C)CNC(=O)C(C)N(Cc1ccc(Cl)cc1)C(=O)CN(c1ccccc1F)S(=O)(=O)c1ccccc1. The van der Waals surface area contributed by atoms with E-state index in [4.69, 9.17) is 11.6 Å². The van der Waals surface area contributed by atoms with E-state index in [-0.39, 0.29) is 29.0 Å². The van der Waals surface area contributed by atoms with Crippen LogP contribution >= 0.6 is 11.6 Å². The van der Waals surface area contributed by atoms with Gasteiger partial charge >= 0.3 is 0 Å². The predicted octanol–water partition coefficient (Wildman–Crippen LogP) is 4.86. The number of nitrogens with one attached hydrogen (secondary N) is 1. The Balaban J connectivity index is 2.00. The fourth-order valence-corrected chi connectivity index (χ4v) is 5.28. The number of hydrogen-bond donors (Lipinski definition) is 1. The molecular formula is C28H31ClFN3O4S. The van der Waals surface area contributed by atoms with Crippen LogP contribution in [0.4, 0.5) is 10.1 Å². The molecule has 2 amide bonds. The van der Waals surface area contributed by atoms with Crippen LogP contribution in [0.15, 0.2) is 83.8 Å². The van der Waals surface area contributed by atoms with Crippen molar-refractivity contribution in [2.75, 3.05) is 17.4 Å². The standard InChI is InChI=1S/C28H31ClFN3O4S/c1-20(2)17-31-28(35)21(3)32(18-22-13-15-23(29)16-14-22)27(34)19-33(26-12-8-7-11-25(26)30)38(36,37)24-9-5-4-6-10-24/h4-16,20-21H,17-19H2,1-3H3,(H,31,35). The van der Waals surface area contributed by atoms with Gasteiger partial charge in [-0.3, -0.25) is 13.9 Å². The highest BCUT2D eigenvalue weighted by Gasteiger charge is 2.33. The van der Waals surface area contributed by atoms with E-state index in [9.17, 15) is 22.4 Å². The van der Waals surface area contributed by atoms with Crippen molar-refractivity contribution in [3.63, 3.8) is 0 Å². The summed E-state index contributed by atoms with van der Waals surface area (Å²) in [5.41, 5.74) is 0.419. The first-order chi connectivity index (χ1) is 18.0. The average Bonchev–Trinajstić information content (AvgIpc) is 2.90. The molecule has 3 aromatic rings. The highest BCUT2D eigenvalue weighted by atomic mass is 35.5. The number of hydrogen-bond acceptors (Lipinski definition) is 4. The molecule has 1 atom stereocenters. The van der Waals surface area contributed by atoms with Crippen LogP contribution in [-0.4, -0.2) is 44.3 Å². The molecule has 7 nitrogen and oxygen atoms in total. The quantitative estimate of drug-likeness (QED) is 0.363. The van der Waals surface area contributed by atoms with E-state index in [1.807, 2.05) is 13.8 Å². The van der Waals surface area contributed by atoms with Crippen LogP contribution in [0.25, 0.3) is 0 Å². The van der Waals surface area contributed by atoms with Gasteiger partial charge in [-0.25, -0.2) is 12.8 Å². The Bertz CT molecular complexity index is 1350. The molecule has 0 aromatic heterocycles. The maximum absolute atomic E-state index is 14.9. The van der Waals surface area contributed by atoms with E-state index in [0.29, 0.717) is 17.1 Å². The molecule has 3 aromatic carbocycles. The molecule has 0 radical (unpaired) electrons. The van der Waals surface area contributed by atoms with Gasteiger partial charge in [0.25, 0.3) is 10.0 Å². The molecule has 38 heavy (non-hydrogen) atoms. The van der Waals surface area contributed by atoms with E-state index in [1.54, 1.807) is 49.4 Å². The lowest BCUT2D eigenvalue weighted by Crippen LogP contribution is -2.51. The number of halogens is 2. The molecule has 0 fully saturated rings. The Kier molecular flexibility index (Phi) is 9.88. The van der Waals surface area contributed by atoms with Gasteiger partial charge in [-0.2, -0.15) is 0 Å². The molecule has 1 N–H and O–H groups in total. The van der Waals surface area contributed by atoms with Crippen LogP contribution in [0.1, 0.15) is 26.3 Å². The summed E-state index contributed by atoms with van der Waals surface area (Å²) in [5.74, 6) is -1.66. The highest BCUT2D eigenvalue weighted by molar-refractivity contribution is 7.92. The molecule has 0 aliphatic rings. The van der Waals surface area contributed by atoms with Crippen LogP contribution in [0.5, 0.6) is 0 Å². The minimum Gasteiger partial charge on any atom is -0.354 e. The monoisotopic (exact) mass is 559 g/mol. The summed E-state index contributed by atoms with van der Waals surface area (Å²) in [6.07, 6.45) is 0. The number of para-hydroxylation sites is 1. The number of rotatable bonds is 11. The van der Waals surface area contributed by atoms with Crippen molar-refractivity contribution in [3.8, 4) is 0 Å². The summed E-state index contributed by atoms with van der Waals surface area (Å²) in [6.45, 7) is 5.18. The Labute approximate surface area is 228 Å². The molecule has 0 heterocycles. The van der Waals surface area contributed by atoms with Crippen LogP contribution in [0, 0.1) is 11.7 Å². The zero-order valence-corrected chi connectivity index (χ0v) is 23.0. The van der Waals surface area contributed by atoms with Crippen molar-refractivity contribution < 1.29 is 22.4 Å². The van der Waals surface area contributed by atoms with Gasteiger partial charge in [-0.15, -0.1) is 0 Å². The number of carbonyl (C=O) groups is 2. The average molecular weight is 560 g/mol. The largest absolute Gasteiger partial charge is 0.354 e. The Morgan fingerprint density at radius 1 is 0.921 bits per heavy atom. The van der Waals surface area contributed by atoms with Crippen LogP contribution in [-0.2, 0) is 26.2 Å². The van der Waals surface area contributed by atoms with Crippen LogP contribution < -0.4 is 9.62 Å². The highest BCUT2D eigenvalue weighted by Crippen LogP contribution is 2.27. The van der Waals surface area contributed by atoms with Gasteiger partial charge in [-0.05, 0) is 54.8 Å². The van der Waals surface area contributed by atoms with Gasteiger partial charge in [0, 0.05) is 18.1 Å². The molecule has 0 aliphatic heterocycles. The minimum atomic E-state index is -4.32. The van der Waals surface area contributed by atoms with E-state index in [0.717, 1.165) is 10.4 Å². The first-order valence-corrected chi connectivity index (χ1v) is 14.0. The molecule has 0 bridgehead atoms. The van der Waals surface area contributed by atoms with Gasteiger partial charge in [0.05, 0.1) is 10.6 Å². The first kappa shape index (κ1) is 29.1. The molecule has 3 rings (SSSR count). The molecule has 0 saturated carbocycles. The van der Waals surface area contributed by atoms with Crippen molar-refractivity contribution in [2.24, 2.45) is 5.92 Å². The zero-order valence-electron chi connectivity index (χ0n) is 21.5. The topological polar surface area (TPSA) is 86.8 Å². The summed E-state index contributed by atoms with van der Waals surface area (Å²) in [5, 5.41) is 3.32. The number of amides is 2. The second-order valence-corrected chi connectivity index (χ2v) is 11.5. The van der Waals surface area contributed by atoms with E-state index < -0.39 is 34.3 Å². The Hall–Kier alpha value is -3.43. The van der Waals surface area contributed by atoms with Crippen molar-refractivity contribution in [1.82, 2.24) is 10.2 Å². The number of benzene rings is 3. The molecule has 1 unspecified atom stereocenters. The lowest BCUT2D eigenvalue weighted by Gasteiger charge is -2.32. The molecule has 0 saturated heterocycles. The van der Waals surface area contributed by atoms with Gasteiger partial charge in [-0.1, -0.05) is 67.9 Å². The van der Waals surface area contributed by atoms with Crippen molar-refractivity contribution >= 4 is 39.1 Å². The van der Waals surface area contributed by atoms with Crippen molar-refractivity contribution in [3.05, 3.63) is 95.3 Å². The maximum atomic E-state index is 14.9. The van der Waals surface area contributed by atoms with E-state index >= 15 is 0 Å². The third kappa shape index (κ3) is 7.33. The Morgan fingerprint density at radius 2 is 1.53 bits per heavy atom. The Morgan fingerprint density at radius 3 is 2.13 bits per heavy atom. The summed E-state index contributed by atoms with van der Waals surface area (Å²) in [6, 6.07) is 18.7. The minimum absolute atomic E-state index is 0.0166. The van der Waals surface area contributed by atoms with E-state index in [1.165, 1.54) is 35.2 Å². The summed E-state index contributed by atoms with van der Waals surface area (Å²) in [7, 11) is -4.32. The van der Waals surface area contributed by atoms with Crippen molar-refractivity contribution in [2.45, 2.75) is 38.3 Å².